The molecule has 1 aromatic carbocycles. The molecule has 0 saturated carbocycles. The van der Waals surface area contributed by atoms with Gasteiger partial charge in [0.2, 0.25) is 0 Å². The summed E-state index contributed by atoms with van der Waals surface area (Å²) in [5.41, 5.74) is 1.59. The molecule has 1 aromatic heterocycles. The van der Waals surface area contributed by atoms with Crippen LogP contribution in [-0.4, -0.2) is 25.7 Å². The van der Waals surface area contributed by atoms with E-state index in [1.807, 2.05) is 18.2 Å². The fourth-order valence-electron chi connectivity index (χ4n) is 2.11. The molecule has 0 radical (unpaired) electrons. The summed E-state index contributed by atoms with van der Waals surface area (Å²) in [5.74, 6) is 1.38. The Balaban J connectivity index is 1.56. The highest BCUT2D eigenvalue weighted by atomic mass is 79.9. The molecule has 5 nitrogen and oxygen atoms in total. The quantitative estimate of drug-likeness (QED) is 0.919. The molecule has 110 valence electrons. The molecule has 1 aliphatic rings. The van der Waals surface area contributed by atoms with Crippen LogP contribution in [0.25, 0.3) is 0 Å². The normalized spacial score (nSPS) is 13.0. The highest BCUT2D eigenvalue weighted by Gasteiger charge is 2.13. The maximum atomic E-state index is 11.9. The number of carbonyl (C=O) groups is 1. The molecule has 0 fully saturated rings. The van der Waals surface area contributed by atoms with Gasteiger partial charge in [-0.15, -0.1) is 0 Å². The van der Waals surface area contributed by atoms with Gasteiger partial charge in [0.05, 0.1) is 11.8 Å². The molecule has 3 rings (SSSR count). The first-order valence-corrected chi connectivity index (χ1v) is 7.43. The zero-order chi connectivity index (χ0) is 14.7. The Kier molecular flexibility index (Phi) is 4.15. The number of ether oxygens (including phenoxy) is 2. The average molecular weight is 352 g/mol. The van der Waals surface area contributed by atoms with Crippen molar-refractivity contribution in [2.75, 3.05) is 19.8 Å². The molecule has 0 bridgehead atoms. The highest BCUT2D eigenvalue weighted by Crippen LogP contribution is 2.30. The maximum absolute atomic E-state index is 11.9. The van der Waals surface area contributed by atoms with Crippen molar-refractivity contribution in [1.29, 1.82) is 0 Å². The lowest BCUT2D eigenvalue weighted by Gasteiger charge is -2.18. The van der Waals surface area contributed by atoms with Gasteiger partial charge >= 0.3 is 0 Å². The second kappa shape index (κ2) is 6.22. The lowest BCUT2D eigenvalue weighted by Crippen LogP contribution is -2.25. The topological polar surface area (TPSA) is 60.7 Å². The van der Waals surface area contributed by atoms with E-state index >= 15 is 0 Å². The van der Waals surface area contributed by atoms with Crippen LogP contribution in [0.3, 0.4) is 0 Å². The van der Waals surface area contributed by atoms with Crippen LogP contribution in [0.4, 0.5) is 0 Å². The predicted octanol–water partition coefficient (Wildman–Crippen LogP) is 2.79. The van der Waals surface area contributed by atoms with Crippen molar-refractivity contribution in [3.8, 4) is 11.5 Å². The second-order valence-corrected chi connectivity index (χ2v) is 5.31. The van der Waals surface area contributed by atoms with E-state index in [0.29, 0.717) is 30.0 Å². The predicted molar refractivity (Wildman–Crippen MR) is 79.9 cm³/mol. The van der Waals surface area contributed by atoms with Crippen molar-refractivity contribution in [2.24, 2.45) is 0 Å². The molecule has 0 spiro atoms. The van der Waals surface area contributed by atoms with E-state index in [-0.39, 0.29) is 5.91 Å². The summed E-state index contributed by atoms with van der Waals surface area (Å²) in [4.78, 5) is 11.9. The third-order valence-electron chi connectivity index (χ3n) is 3.17. The Morgan fingerprint density at radius 1 is 1.19 bits per heavy atom. The van der Waals surface area contributed by atoms with Crippen molar-refractivity contribution in [3.63, 3.8) is 0 Å². The Hall–Kier alpha value is -1.95. The molecule has 1 aliphatic heterocycles. The standard InChI is InChI=1S/C15H14BrNO4/c16-14-11(4-6-21-14)15(18)17-5-3-10-1-2-12-13(9-10)20-8-7-19-12/h1-2,4,6,9H,3,5,7-8H2,(H,17,18). The van der Waals surface area contributed by atoms with Crippen molar-refractivity contribution in [1.82, 2.24) is 5.32 Å². The molecule has 0 aliphatic carbocycles. The number of halogens is 1. The summed E-state index contributed by atoms with van der Waals surface area (Å²) >= 11 is 3.19. The summed E-state index contributed by atoms with van der Waals surface area (Å²) in [6.07, 6.45) is 2.19. The Morgan fingerprint density at radius 3 is 2.76 bits per heavy atom. The zero-order valence-corrected chi connectivity index (χ0v) is 12.8. The van der Waals surface area contributed by atoms with Gasteiger partial charge in [0.25, 0.3) is 5.91 Å². The maximum Gasteiger partial charge on any atom is 0.255 e. The fourth-order valence-corrected chi connectivity index (χ4v) is 2.53. The van der Waals surface area contributed by atoms with Crippen LogP contribution in [0.2, 0.25) is 0 Å². The van der Waals surface area contributed by atoms with E-state index in [1.54, 1.807) is 6.07 Å². The lowest BCUT2D eigenvalue weighted by molar-refractivity contribution is 0.0952. The number of fused-ring (bicyclic) bond motifs is 1. The van der Waals surface area contributed by atoms with Crippen LogP contribution < -0.4 is 14.8 Å². The largest absolute Gasteiger partial charge is 0.486 e. The fraction of sp³-hybridized carbons (Fsp3) is 0.267. The first kappa shape index (κ1) is 14.0. The van der Waals surface area contributed by atoms with Crippen LogP contribution in [0.1, 0.15) is 15.9 Å². The van der Waals surface area contributed by atoms with Crippen LogP contribution in [0, 0.1) is 0 Å². The van der Waals surface area contributed by atoms with E-state index < -0.39 is 0 Å². The van der Waals surface area contributed by atoms with E-state index in [9.17, 15) is 4.79 Å². The van der Waals surface area contributed by atoms with Crippen molar-refractivity contribution in [3.05, 3.63) is 46.3 Å². The number of carbonyl (C=O) groups excluding carboxylic acids is 1. The van der Waals surface area contributed by atoms with Gasteiger partial charge in [0.1, 0.15) is 13.2 Å². The molecule has 1 N–H and O–H groups in total. The first-order valence-electron chi connectivity index (χ1n) is 6.64. The minimum Gasteiger partial charge on any atom is -0.486 e. The van der Waals surface area contributed by atoms with E-state index in [0.717, 1.165) is 23.5 Å². The van der Waals surface area contributed by atoms with Crippen LogP contribution >= 0.6 is 15.9 Å². The number of rotatable bonds is 4. The molecular formula is C15H14BrNO4. The smallest absolute Gasteiger partial charge is 0.255 e. The molecule has 0 saturated heterocycles. The summed E-state index contributed by atoms with van der Waals surface area (Å²) in [5, 5.41) is 2.85. The number of hydrogen-bond acceptors (Lipinski definition) is 4. The number of amides is 1. The second-order valence-electron chi connectivity index (χ2n) is 4.59. The highest BCUT2D eigenvalue weighted by molar-refractivity contribution is 9.10. The van der Waals surface area contributed by atoms with Gasteiger partial charge in [-0.3, -0.25) is 4.79 Å². The molecular weight excluding hydrogens is 338 g/mol. The number of hydrogen-bond donors (Lipinski definition) is 1. The molecule has 0 atom stereocenters. The Morgan fingerprint density at radius 2 is 2.00 bits per heavy atom. The van der Waals surface area contributed by atoms with Crippen LogP contribution in [0.5, 0.6) is 11.5 Å². The van der Waals surface area contributed by atoms with Crippen LogP contribution in [-0.2, 0) is 6.42 Å². The van der Waals surface area contributed by atoms with Gasteiger partial charge in [0, 0.05) is 6.54 Å². The van der Waals surface area contributed by atoms with Gasteiger partial charge < -0.3 is 19.2 Å². The monoisotopic (exact) mass is 351 g/mol. The summed E-state index contributed by atoms with van der Waals surface area (Å²) < 4.78 is 16.5. The molecule has 2 aromatic rings. The Labute approximate surface area is 130 Å². The Bertz CT molecular complexity index is 653. The zero-order valence-electron chi connectivity index (χ0n) is 11.2. The number of benzene rings is 1. The first-order chi connectivity index (χ1) is 10.2. The van der Waals surface area contributed by atoms with Gasteiger partial charge in [-0.1, -0.05) is 6.07 Å². The number of furan rings is 1. The SMILES string of the molecule is O=C(NCCc1ccc2c(c1)OCCO2)c1ccoc1Br. The minimum absolute atomic E-state index is 0.159. The van der Waals surface area contributed by atoms with Gasteiger partial charge in [-0.05, 0) is 46.1 Å². The van der Waals surface area contributed by atoms with Gasteiger partial charge in [0.15, 0.2) is 16.2 Å². The van der Waals surface area contributed by atoms with E-state index in [2.05, 4.69) is 21.2 Å². The molecule has 2 heterocycles. The molecule has 21 heavy (non-hydrogen) atoms. The third kappa shape index (κ3) is 3.21. The van der Waals surface area contributed by atoms with Gasteiger partial charge in [-0.2, -0.15) is 0 Å². The molecule has 6 heteroatoms. The molecule has 1 amide bonds. The summed E-state index contributed by atoms with van der Waals surface area (Å²) in [7, 11) is 0. The minimum atomic E-state index is -0.159. The van der Waals surface area contributed by atoms with E-state index in [4.69, 9.17) is 13.9 Å². The summed E-state index contributed by atoms with van der Waals surface area (Å²) in [6, 6.07) is 7.46. The van der Waals surface area contributed by atoms with Crippen molar-refractivity contribution in [2.45, 2.75) is 6.42 Å². The molecule has 0 unspecified atom stereocenters. The van der Waals surface area contributed by atoms with E-state index in [1.165, 1.54) is 6.26 Å². The van der Waals surface area contributed by atoms with Gasteiger partial charge in [-0.25, -0.2) is 0 Å². The van der Waals surface area contributed by atoms with Crippen molar-refractivity contribution < 1.29 is 18.7 Å². The average Bonchev–Trinajstić information content (AvgIpc) is 2.93. The van der Waals surface area contributed by atoms with Crippen molar-refractivity contribution >= 4 is 21.8 Å². The summed E-state index contributed by atoms with van der Waals surface area (Å²) in [6.45, 7) is 1.69. The van der Waals surface area contributed by atoms with Crippen LogP contribution in [0.15, 0.2) is 39.6 Å². The third-order valence-corrected chi connectivity index (χ3v) is 3.78. The number of nitrogens with one attached hydrogen (secondary N) is 1. The lowest BCUT2D eigenvalue weighted by atomic mass is 10.1.